The van der Waals surface area contributed by atoms with Crippen LogP contribution < -0.4 is 33.6 Å². The van der Waals surface area contributed by atoms with Gasteiger partial charge in [-0.2, -0.15) is 0 Å². The van der Waals surface area contributed by atoms with Gasteiger partial charge in [-0.15, -0.1) is 0 Å². The number of amides is 3. The molecule has 3 amide bonds. The Hall–Kier alpha value is -1.95. The number of ether oxygens (including phenoxy) is 1. The van der Waals surface area contributed by atoms with Crippen molar-refractivity contribution in [2.45, 2.75) is 51.0 Å². The van der Waals surface area contributed by atoms with E-state index in [2.05, 4.69) is 10.6 Å². The first-order valence-corrected chi connectivity index (χ1v) is 10.7. The number of nitrogens with two attached hydrogens (primary N) is 4. The van der Waals surface area contributed by atoms with Crippen LogP contribution in [-0.2, 0) is 14.3 Å². The molecule has 11 nitrogen and oxygen atoms in total. The lowest BCUT2D eigenvalue weighted by Crippen LogP contribution is -2.48. The molecule has 0 radical (unpaired) electrons. The zero-order chi connectivity index (χ0) is 22.6. The third-order valence-corrected chi connectivity index (χ3v) is 4.45. The fourth-order valence-corrected chi connectivity index (χ4v) is 2.80. The molecule has 30 heavy (non-hydrogen) atoms. The maximum atomic E-state index is 12.5. The van der Waals surface area contributed by atoms with Crippen LogP contribution in [0.4, 0.5) is 4.79 Å². The van der Waals surface area contributed by atoms with E-state index in [0.717, 1.165) is 32.1 Å². The van der Waals surface area contributed by atoms with Gasteiger partial charge in [0.1, 0.15) is 6.61 Å². The number of carbonyl (C=O) groups excluding carboxylic acids is 3. The molecule has 1 atom stereocenters. The lowest BCUT2D eigenvalue weighted by atomic mass is 10.1. The highest BCUT2D eigenvalue weighted by Crippen LogP contribution is 2.03. The third kappa shape index (κ3) is 15.9. The molecular formula is C19H41N7O4. The van der Waals surface area contributed by atoms with Crippen molar-refractivity contribution < 1.29 is 19.1 Å². The van der Waals surface area contributed by atoms with E-state index >= 15 is 0 Å². The lowest BCUT2D eigenvalue weighted by Gasteiger charge is -2.24. The molecule has 0 saturated carbocycles. The summed E-state index contributed by atoms with van der Waals surface area (Å²) in [5, 5.41) is 5.91. The highest BCUT2D eigenvalue weighted by atomic mass is 16.5. The van der Waals surface area contributed by atoms with Gasteiger partial charge in [-0.25, -0.2) is 4.79 Å². The number of hydrogen-bond donors (Lipinski definition) is 6. The summed E-state index contributed by atoms with van der Waals surface area (Å²) in [7, 11) is 0. The highest BCUT2D eigenvalue weighted by molar-refractivity contribution is 5.85. The average Bonchev–Trinajstić information content (AvgIpc) is 2.71. The molecule has 0 aromatic carbocycles. The van der Waals surface area contributed by atoms with E-state index in [1.165, 1.54) is 4.90 Å². The molecule has 0 saturated heterocycles. The first-order valence-electron chi connectivity index (χ1n) is 10.7. The summed E-state index contributed by atoms with van der Waals surface area (Å²) in [5.41, 5.74) is 21.5. The summed E-state index contributed by atoms with van der Waals surface area (Å²) in [6, 6.07) is -0.382. The van der Waals surface area contributed by atoms with Crippen molar-refractivity contribution in [1.82, 2.24) is 15.5 Å². The second kappa shape index (κ2) is 19.0. The number of primary amides is 1. The van der Waals surface area contributed by atoms with Crippen molar-refractivity contribution >= 4 is 17.9 Å². The van der Waals surface area contributed by atoms with Crippen molar-refractivity contribution in [2.24, 2.45) is 22.9 Å². The van der Waals surface area contributed by atoms with Gasteiger partial charge < -0.3 is 43.2 Å². The Morgan fingerprint density at radius 1 is 0.900 bits per heavy atom. The Morgan fingerprint density at radius 2 is 1.53 bits per heavy atom. The quantitative estimate of drug-likeness (QED) is 0.134. The van der Waals surface area contributed by atoms with E-state index in [1.807, 2.05) is 0 Å². The number of carbonyl (C=O) groups is 3. The fraction of sp³-hybridized carbons (Fsp3) is 0.842. The standard InChI is InChI=1S/C19H41N7O4/c20-8-2-1-7-16(15-30-19(23)29)25-17(27)14-26(12-6-4-10-22)18(28)13-24-11-5-3-9-21/h16,24H,1-15,20-22H2,(H2,23,29)(H,25,27)/t16-/m0/s1. The van der Waals surface area contributed by atoms with E-state index in [1.54, 1.807) is 0 Å². The summed E-state index contributed by atoms with van der Waals surface area (Å²) in [5.74, 6) is -0.465. The molecule has 10 N–H and O–H groups in total. The molecule has 0 unspecified atom stereocenters. The summed E-state index contributed by atoms with van der Waals surface area (Å²) < 4.78 is 4.83. The van der Waals surface area contributed by atoms with Crippen LogP contribution in [0.25, 0.3) is 0 Å². The summed E-state index contributed by atoms with van der Waals surface area (Å²) >= 11 is 0. The van der Waals surface area contributed by atoms with Gasteiger partial charge in [-0.3, -0.25) is 9.59 Å². The predicted molar refractivity (Wildman–Crippen MR) is 116 cm³/mol. The molecule has 0 heterocycles. The molecule has 0 aliphatic heterocycles. The second-order valence-electron chi connectivity index (χ2n) is 7.16. The fourth-order valence-electron chi connectivity index (χ4n) is 2.80. The van der Waals surface area contributed by atoms with Gasteiger partial charge in [0.2, 0.25) is 11.8 Å². The topological polar surface area (TPSA) is 192 Å². The van der Waals surface area contributed by atoms with Crippen LogP contribution in [0.15, 0.2) is 0 Å². The van der Waals surface area contributed by atoms with Gasteiger partial charge in [0.15, 0.2) is 0 Å². The number of rotatable bonds is 19. The highest BCUT2D eigenvalue weighted by Gasteiger charge is 2.19. The predicted octanol–water partition coefficient (Wildman–Crippen LogP) is -1.41. The minimum atomic E-state index is -0.896. The van der Waals surface area contributed by atoms with Gasteiger partial charge in [0, 0.05) is 6.54 Å². The van der Waals surface area contributed by atoms with E-state index in [-0.39, 0.29) is 37.6 Å². The maximum Gasteiger partial charge on any atom is 0.404 e. The Bertz CT molecular complexity index is 480. The second-order valence-corrected chi connectivity index (χ2v) is 7.16. The third-order valence-electron chi connectivity index (χ3n) is 4.45. The molecule has 176 valence electrons. The van der Waals surface area contributed by atoms with Crippen molar-refractivity contribution in [3.05, 3.63) is 0 Å². The number of hydrogen-bond acceptors (Lipinski definition) is 8. The summed E-state index contributed by atoms with van der Waals surface area (Å²) in [4.78, 5) is 37.5. The van der Waals surface area contributed by atoms with E-state index in [0.29, 0.717) is 45.6 Å². The first kappa shape index (κ1) is 28.1. The van der Waals surface area contributed by atoms with Crippen molar-refractivity contribution in [2.75, 3.05) is 52.4 Å². The Labute approximate surface area is 179 Å². The average molecular weight is 432 g/mol. The molecule has 0 aromatic heterocycles. The van der Waals surface area contributed by atoms with Crippen LogP contribution in [0.2, 0.25) is 0 Å². The number of nitrogens with zero attached hydrogens (tertiary/aromatic N) is 1. The molecule has 0 aliphatic rings. The molecule has 0 rings (SSSR count). The van der Waals surface area contributed by atoms with Crippen LogP contribution in [0.3, 0.4) is 0 Å². The molecule has 0 aliphatic carbocycles. The largest absolute Gasteiger partial charge is 0.448 e. The first-order chi connectivity index (χ1) is 14.4. The van der Waals surface area contributed by atoms with Crippen LogP contribution in [0.1, 0.15) is 44.9 Å². The number of unbranched alkanes of at least 4 members (excludes halogenated alkanes) is 3. The van der Waals surface area contributed by atoms with Gasteiger partial charge >= 0.3 is 6.09 Å². The van der Waals surface area contributed by atoms with Gasteiger partial charge in [0.25, 0.3) is 0 Å². The smallest absolute Gasteiger partial charge is 0.404 e. The monoisotopic (exact) mass is 431 g/mol. The van der Waals surface area contributed by atoms with Crippen LogP contribution in [0.5, 0.6) is 0 Å². The summed E-state index contributed by atoms with van der Waals surface area (Å²) in [6.07, 6.45) is 4.53. The molecule has 0 aromatic rings. The van der Waals surface area contributed by atoms with E-state index < -0.39 is 6.09 Å². The lowest BCUT2D eigenvalue weighted by molar-refractivity contribution is -0.135. The molecular weight excluding hydrogens is 390 g/mol. The van der Waals surface area contributed by atoms with Gasteiger partial charge in [-0.05, 0) is 64.7 Å². The van der Waals surface area contributed by atoms with E-state index in [9.17, 15) is 14.4 Å². The van der Waals surface area contributed by atoms with Crippen LogP contribution in [0, 0.1) is 0 Å². The Morgan fingerprint density at radius 3 is 2.17 bits per heavy atom. The zero-order valence-electron chi connectivity index (χ0n) is 18.1. The van der Waals surface area contributed by atoms with Crippen molar-refractivity contribution in [1.29, 1.82) is 0 Å². The Balaban J connectivity index is 4.69. The maximum absolute atomic E-state index is 12.5. The van der Waals surface area contributed by atoms with Gasteiger partial charge in [0.05, 0.1) is 19.1 Å². The zero-order valence-corrected chi connectivity index (χ0v) is 18.1. The summed E-state index contributed by atoms with van der Waals surface area (Å²) in [6.45, 7) is 2.90. The molecule has 11 heteroatoms. The minimum Gasteiger partial charge on any atom is -0.448 e. The van der Waals surface area contributed by atoms with Crippen LogP contribution in [-0.4, -0.2) is 81.3 Å². The van der Waals surface area contributed by atoms with Crippen molar-refractivity contribution in [3.8, 4) is 0 Å². The minimum absolute atomic E-state index is 0.0184. The number of nitrogens with one attached hydrogen (secondary N) is 2. The SMILES string of the molecule is NCCCCNCC(=O)N(CCCCN)CC(=O)N[C@@H](CCCCN)COC(N)=O. The molecule has 0 spiro atoms. The Kier molecular flexibility index (Phi) is 17.8. The van der Waals surface area contributed by atoms with E-state index in [4.69, 9.17) is 27.7 Å². The van der Waals surface area contributed by atoms with Gasteiger partial charge in [-0.1, -0.05) is 6.42 Å². The van der Waals surface area contributed by atoms with Crippen molar-refractivity contribution in [3.63, 3.8) is 0 Å². The molecule has 0 fully saturated rings. The van der Waals surface area contributed by atoms with Crippen LogP contribution >= 0.6 is 0 Å². The molecule has 0 bridgehead atoms. The normalized spacial score (nSPS) is 11.7.